The highest BCUT2D eigenvalue weighted by Crippen LogP contribution is 2.45. The quantitative estimate of drug-likeness (QED) is 0.304. The molecule has 0 spiro atoms. The van der Waals surface area contributed by atoms with Gasteiger partial charge in [-0.1, -0.05) is 39.0 Å². The fraction of sp³-hybridized carbons (Fsp3) is 0.581. The van der Waals surface area contributed by atoms with Crippen LogP contribution in [0.2, 0.25) is 0 Å². The number of alkyl carbamates (subject to hydrolysis) is 1. The van der Waals surface area contributed by atoms with Crippen LogP contribution >= 0.6 is 15.9 Å². The number of hydrogen-bond acceptors (Lipinski definition) is 6. The Morgan fingerprint density at radius 1 is 1.23 bits per heavy atom. The van der Waals surface area contributed by atoms with Crippen molar-refractivity contribution in [1.29, 1.82) is 0 Å². The molecule has 2 aliphatic carbocycles. The molecule has 0 bridgehead atoms. The van der Waals surface area contributed by atoms with Crippen LogP contribution in [0.4, 0.5) is 15.3 Å². The van der Waals surface area contributed by atoms with Crippen LogP contribution in [-0.4, -0.2) is 81.1 Å². The van der Waals surface area contributed by atoms with E-state index in [-0.39, 0.29) is 38.1 Å². The fourth-order valence-electron chi connectivity index (χ4n) is 6.54. The number of fused-ring (bicyclic) bond motifs is 1. The molecule has 1 aromatic rings. The molecule has 0 aromatic heterocycles. The van der Waals surface area contributed by atoms with Gasteiger partial charge in [0, 0.05) is 23.5 Å². The van der Waals surface area contributed by atoms with Gasteiger partial charge < -0.3 is 35.6 Å². The number of nitrogens with one attached hydrogen (secondary N) is 3. The molecule has 0 unspecified atom stereocenters. The average molecular weight is 675 g/mol. The van der Waals surface area contributed by atoms with E-state index in [4.69, 9.17) is 4.74 Å². The molecule has 0 radical (unpaired) electrons. The Bertz CT molecular complexity index is 1370. The molecular formula is C31H40BrN5O7. The van der Waals surface area contributed by atoms with Gasteiger partial charge in [-0.15, -0.1) is 6.58 Å². The zero-order valence-electron chi connectivity index (χ0n) is 25.2. The molecule has 4 N–H and O–H groups in total. The van der Waals surface area contributed by atoms with Gasteiger partial charge in [-0.3, -0.25) is 9.59 Å². The summed E-state index contributed by atoms with van der Waals surface area (Å²) in [5.41, 5.74) is -0.720. The monoisotopic (exact) mass is 673 g/mol. The van der Waals surface area contributed by atoms with Gasteiger partial charge in [-0.2, -0.15) is 0 Å². The summed E-state index contributed by atoms with van der Waals surface area (Å²) in [5, 5.41) is 18.2. The molecule has 12 nitrogen and oxygen atoms in total. The van der Waals surface area contributed by atoms with E-state index < -0.39 is 58.9 Å². The van der Waals surface area contributed by atoms with Gasteiger partial charge in [0.2, 0.25) is 11.8 Å². The van der Waals surface area contributed by atoms with E-state index in [0.29, 0.717) is 5.69 Å². The van der Waals surface area contributed by atoms with Crippen LogP contribution in [0.3, 0.4) is 0 Å². The fourth-order valence-corrected chi connectivity index (χ4v) is 7.05. The maximum absolute atomic E-state index is 14.3. The van der Waals surface area contributed by atoms with E-state index in [1.54, 1.807) is 25.7 Å². The molecule has 2 saturated carbocycles. The standard InChI is InChI=1S/C31H40BrN5O7/c1-5-18-14-31(18,27(40)41)35-25(38)22-13-19(36-15-17-9-8-12-21(32)23(17)33-28(36)42)16-37(22)26(39)24(30(2,3)4)34-29(43)44-20-10-6-7-11-20/h5,8-9,12,18-20,22,24H,1,6-7,10-11,13-16H2,2-4H3,(H,33,42)(H,34,43)(H,35,38)(H,40,41)/t18-,19-,22+,24-,31-/m1/s1. The lowest BCUT2D eigenvalue weighted by Crippen LogP contribution is -2.59. The van der Waals surface area contributed by atoms with Crippen molar-refractivity contribution in [3.05, 3.63) is 40.9 Å². The zero-order chi connectivity index (χ0) is 32.0. The first-order valence-electron chi connectivity index (χ1n) is 15.1. The molecule has 4 aliphatic rings. The molecule has 2 heterocycles. The van der Waals surface area contributed by atoms with Crippen LogP contribution in [0, 0.1) is 11.3 Å². The molecule has 44 heavy (non-hydrogen) atoms. The van der Waals surface area contributed by atoms with Crippen molar-refractivity contribution in [2.24, 2.45) is 11.3 Å². The number of amides is 5. The number of carboxylic acid groups (broad SMARTS) is 1. The summed E-state index contributed by atoms with van der Waals surface area (Å²) in [4.78, 5) is 69.4. The minimum Gasteiger partial charge on any atom is -0.479 e. The molecule has 2 aliphatic heterocycles. The van der Waals surface area contributed by atoms with E-state index >= 15 is 0 Å². The van der Waals surface area contributed by atoms with Crippen LogP contribution in [0.15, 0.2) is 35.3 Å². The zero-order valence-corrected chi connectivity index (χ0v) is 26.8. The third-order valence-electron chi connectivity index (χ3n) is 9.22. The number of aliphatic carboxylic acids is 1. The molecule has 238 valence electrons. The Labute approximate surface area is 265 Å². The van der Waals surface area contributed by atoms with Gasteiger partial charge in [-0.05, 0) is 71.5 Å². The SMILES string of the molecule is C=C[C@@H]1C[C@]1(NC(=O)[C@@H]1C[C@@H](N2Cc3cccc(Br)c3NC2=O)CN1C(=O)[C@@H](NC(=O)OC1CCCC1)C(C)(C)C)C(=O)O. The summed E-state index contributed by atoms with van der Waals surface area (Å²) in [7, 11) is 0. The summed E-state index contributed by atoms with van der Waals surface area (Å²) in [5.74, 6) is -2.76. The molecule has 1 saturated heterocycles. The van der Waals surface area contributed by atoms with Crippen LogP contribution in [0.5, 0.6) is 0 Å². The van der Waals surface area contributed by atoms with E-state index in [1.165, 1.54) is 11.0 Å². The highest BCUT2D eigenvalue weighted by Gasteiger charge is 2.61. The first kappa shape index (κ1) is 31.8. The lowest BCUT2D eigenvalue weighted by molar-refractivity contribution is -0.146. The van der Waals surface area contributed by atoms with E-state index in [9.17, 15) is 29.1 Å². The Morgan fingerprint density at radius 2 is 1.93 bits per heavy atom. The third kappa shape index (κ3) is 6.15. The third-order valence-corrected chi connectivity index (χ3v) is 9.88. The summed E-state index contributed by atoms with van der Waals surface area (Å²) in [6.07, 6.45) is 4.37. The normalized spacial score (nSPS) is 27.2. The Kier molecular flexibility index (Phi) is 8.71. The lowest BCUT2D eigenvalue weighted by atomic mass is 9.85. The van der Waals surface area contributed by atoms with E-state index in [0.717, 1.165) is 35.7 Å². The molecule has 3 fully saturated rings. The smallest absolute Gasteiger partial charge is 0.408 e. The predicted molar refractivity (Wildman–Crippen MR) is 165 cm³/mol. The summed E-state index contributed by atoms with van der Waals surface area (Å²) >= 11 is 3.47. The number of hydrogen-bond donors (Lipinski definition) is 4. The van der Waals surface area contributed by atoms with Crippen molar-refractivity contribution in [3.8, 4) is 0 Å². The summed E-state index contributed by atoms with van der Waals surface area (Å²) < 4.78 is 6.33. The number of carbonyl (C=O) groups excluding carboxylic acids is 4. The number of nitrogens with zero attached hydrogens (tertiary/aromatic N) is 2. The van der Waals surface area contributed by atoms with E-state index in [1.807, 2.05) is 18.2 Å². The predicted octanol–water partition coefficient (Wildman–Crippen LogP) is 4.00. The molecular weight excluding hydrogens is 634 g/mol. The highest BCUT2D eigenvalue weighted by molar-refractivity contribution is 9.10. The van der Waals surface area contributed by atoms with Crippen molar-refractivity contribution in [2.75, 3.05) is 11.9 Å². The minimum absolute atomic E-state index is 0.0184. The van der Waals surface area contributed by atoms with Crippen molar-refractivity contribution in [1.82, 2.24) is 20.4 Å². The number of halogens is 1. The number of carboxylic acids is 1. The van der Waals surface area contributed by atoms with Gasteiger partial charge in [0.15, 0.2) is 0 Å². The summed E-state index contributed by atoms with van der Waals surface area (Å²) in [6.45, 7) is 9.37. The average Bonchev–Trinajstić information content (AvgIpc) is 3.25. The van der Waals surface area contributed by atoms with Crippen molar-refractivity contribution < 1.29 is 33.8 Å². The first-order valence-corrected chi connectivity index (χ1v) is 15.8. The maximum atomic E-state index is 14.3. The van der Waals surface area contributed by atoms with Gasteiger partial charge in [0.1, 0.15) is 23.7 Å². The van der Waals surface area contributed by atoms with Crippen molar-refractivity contribution >= 4 is 51.5 Å². The topological polar surface area (TPSA) is 157 Å². The van der Waals surface area contributed by atoms with Crippen LogP contribution in [-0.2, 0) is 25.7 Å². The number of carbonyl (C=O) groups is 5. The minimum atomic E-state index is -1.49. The van der Waals surface area contributed by atoms with Crippen molar-refractivity contribution in [2.45, 2.75) is 95.6 Å². The number of anilines is 1. The molecule has 5 amide bonds. The second-order valence-corrected chi connectivity index (χ2v) is 14.1. The van der Waals surface area contributed by atoms with Crippen LogP contribution < -0.4 is 16.0 Å². The Hall–Kier alpha value is -3.61. The van der Waals surface area contributed by atoms with Gasteiger partial charge in [-0.25, -0.2) is 14.4 Å². The van der Waals surface area contributed by atoms with Crippen molar-refractivity contribution in [3.63, 3.8) is 0 Å². The number of urea groups is 1. The summed E-state index contributed by atoms with van der Waals surface area (Å²) in [6, 6.07) is 2.53. The Balaban J connectivity index is 1.41. The van der Waals surface area contributed by atoms with Gasteiger partial charge in [0.05, 0.1) is 11.7 Å². The largest absolute Gasteiger partial charge is 0.479 e. The number of ether oxygens (including phenoxy) is 1. The second-order valence-electron chi connectivity index (χ2n) is 13.3. The van der Waals surface area contributed by atoms with Gasteiger partial charge >= 0.3 is 18.1 Å². The van der Waals surface area contributed by atoms with E-state index in [2.05, 4.69) is 38.5 Å². The maximum Gasteiger partial charge on any atom is 0.408 e. The molecule has 5 rings (SSSR count). The number of benzene rings is 1. The van der Waals surface area contributed by atoms with Crippen LogP contribution in [0.1, 0.15) is 64.9 Å². The number of rotatable bonds is 8. The number of likely N-dealkylation sites (tertiary alicyclic amines) is 1. The molecule has 1 aromatic carbocycles. The Morgan fingerprint density at radius 3 is 2.55 bits per heavy atom. The molecule has 13 heteroatoms. The lowest BCUT2D eigenvalue weighted by Gasteiger charge is -2.36. The second kappa shape index (κ2) is 12.1. The van der Waals surface area contributed by atoms with Gasteiger partial charge in [0.25, 0.3) is 0 Å². The number of para-hydroxylation sites is 1. The van der Waals surface area contributed by atoms with Crippen LogP contribution in [0.25, 0.3) is 0 Å². The first-order chi connectivity index (χ1) is 20.7. The highest BCUT2D eigenvalue weighted by atomic mass is 79.9. The molecule has 5 atom stereocenters.